The van der Waals surface area contributed by atoms with Gasteiger partial charge in [0.15, 0.2) is 0 Å². The molecular formula is C34H57N3O6. The minimum atomic E-state index is -0.862. The molecule has 2 aliphatic rings. The normalized spacial score (nSPS) is 21.3. The third kappa shape index (κ3) is 11.0. The summed E-state index contributed by atoms with van der Waals surface area (Å²) in [6.45, 7) is 9.25. The number of ether oxygens (including phenoxy) is 2. The second kappa shape index (κ2) is 17.3. The second-order valence-electron chi connectivity index (χ2n) is 13.5. The highest BCUT2D eigenvalue weighted by Gasteiger charge is 2.32. The molecule has 2 aliphatic carbocycles. The predicted octanol–water partition coefficient (Wildman–Crippen LogP) is 4.35. The molecule has 0 saturated heterocycles. The molecule has 9 heteroatoms. The van der Waals surface area contributed by atoms with E-state index < -0.39 is 12.1 Å². The van der Waals surface area contributed by atoms with E-state index >= 15 is 0 Å². The Morgan fingerprint density at radius 2 is 1.67 bits per heavy atom. The lowest BCUT2D eigenvalue weighted by molar-refractivity contribution is -0.128. The number of amides is 2. The number of nitrogens with two attached hydrogens (primary N) is 1. The van der Waals surface area contributed by atoms with E-state index in [0.29, 0.717) is 43.9 Å². The topological polar surface area (TPSA) is 143 Å². The molecule has 244 valence electrons. The molecule has 6 N–H and O–H groups in total. The average Bonchev–Trinajstić information content (AvgIpc) is 3.41. The molecule has 0 bridgehead atoms. The van der Waals surface area contributed by atoms with Gasteiger partial charge in [-0.1, -0.05) is 27.7 Å². The van der Waals surface area contributed by atoms with Crippen LogP contribution in [0.4, 0.5) is 5.69 Å². The predicted molar refractivity (Wildman–Crippen MR) is 170 cm³/mol. The van der Waals surface area contributed by atoms with Gasteiger partial charge in [0.05, 0.1) is 24.5 Å². The standard InChI is InChI=1S/C34H57N3O6/c1-21(2)25(16-29(35)31(39)20-28(22(3)4)34(41)36-26-10-12-27(38)13-11-26)19-33(40)37-30-17-23-8-6-9-24(23)18-32(30)43-15-7-14-42-5/h17-18,21-22,25-29,31,38-39H,6-16,19-20,35H2,1-5H3,(H,36,41)(H,37,40)/t25-,26?,27?,28+,29+,31+/m1/s1. The second-order valence-corrected chi connectivity index (χ2v) is 13.5. The van der Waals surface area contributed by atoms with Crippen molar-refractivity contribution >= 4 is 17.5 Å². The molecule has 1 saturated carbocycles. The van der Waals surface area contributed by atoms with Crippen LogP contribution in [0.5, 0.6) is 5.75 Å². The number of benzene rings is 1. The summed E-state index contributed by atoms with van der Waals surface area (Å²) in [4.78, 5) is 26.5. The molecule has 1 fully saturated rings. The van der Waals surface area contributed by atoms with E-state index in [1.807, 2.05) is 13.8 Å². The quantitative estimate of drug-likeness (QED) is 0.167. The largest absolute Gasteiger partial charge is 0.491 e. The van der Waals surface area contributed by atoms with Crippen molar-refractivity contribution < 1.29 is 29.3 Å². The summed E-state index contributed by atoms with van der Waals surface area (Å²) in [5, 5.41) is 27.1. The van der Waals surface area contributed by atoms with Crippen LogP contribution in [-0.4, -0.2) is 66.6 Å². The Balaban J connectivity index is 1.58. The average molecular weight is 604 g/mol. The van der Waals surface area contributed by atoms with Crippen LogP contribution in [-0.2, 0) is 27.2 Å². The Labute approximate surface area is 258 Å². The van der Waals surface area contributed by atoms with E-state index in [1.165, 1.54) is 11.1 Å². The van der Waals surface area contributed by atoms with Gasteiger partial charge in [0.1, 0.15) is 5.75 Å². The number of rotatable bonds is 17. The van der Waals surface area contributed by atoms with Crippen LogP contribution in [0, 0.1) is 23.7 Å². The smallest absolute Gasteiger partial charge is 0.224 e. The Hall–Kier alpha value is -2.20. The Bertz CT molecular complexity index is 1020. The zero-order chi connectivity index (χ0) is 31.5. The maximum Gasteiger partial charge on any atom is 0.224 e. The van der Waals surface area contributed by atoms with E-state index in [9.17, 15) is 19.8 Å². The zero-order valence-electron chi connectivity index (χ0n) is 27.1. The van der Waals surface area contributed by atoms with Crippen LogP contribution < -0.4 is 21.1 Å². The first-order valence-corrected chi connectivity index (χ1v) is 16.5. The van der Waals surface area contributed by atoms with E-state index in [1.54, 1.807) is 7.11 Å². The highest BCUT2D eigenvalue weighted by atomic mass is 16.5. The number of carbonyl (C=O) groups excluding carboxylic acids is 2. The van der Waals surface area contributed by atoms with Crippen molar-refractivity contribution in [2.45, 2.75) is 123 Å². The molecule has 1 aromatic carbocycles. The van der Waals surface area contributed by atoms with Gasteiger partial charge in [-0.25, -0.2) is 0 Å². The molecule has 1 aromatic rings. The number of aryl methyl sites for hydroxylation is 2. The highest BCUT2D eigenvalue weighted by Crippen LogP contribution is 2.34. The number of aliphatic hydroxyl groups is 2. The number of hydrogen-bond donors (Lipinski definition) is 5. The number of anilines is 1. The fourth-order valence-electron chi connectivity index (χ4n) is 6.39. The van der Waals surface area contributed by atoms with Crippen molar-refractivity contribution in [3.05, 3.63) is 23.3 Å². The number of carbonyl (C=O) groups is 2. The summed E-state index contributed by atoms with van der Waals surface area (Å²) in [6.07, 6.45) is 6.72. The van der Waals surface area contributed by atoms with Crippen LogP contribution in [0.25, 0.3) is 0 Å². The molecule has 0 aromatic heterocycles. The van der Waals surface area contributed by atoms with Gasteiger partial charge in [0.25, 0.3) is 0 Å². The number of aliphatic hydroxyl groups excluding tert-OH is 2. The van der Waals surface area contributed by atoms with Crippen LogP contribution in [0.3, 0.4) is 0 Å². The van der Waals surface area contributed by atoms with Gasteiger partial charge < -0.3 is 36.1 Å². The summed E-state index contributed by atoms with van der Waals surface area (Å²) >= 11 is 0. The van der Waals surface area contributed by atoms with E-state index in [-0.39, 0.29) is 60.5 Å². The van der Waals surface area contributed by atoms with Crippen LogP contribution in [0.1, 0.15) is 96.6 Å². The molecular weight excluding hydrogens is 546 g/mol. The first kappa shape index (κ1) is 35.3. The number of hydrogen-bond acceptors (Lipinski definition) is 7. The van der Waals surface area contributed by atoms with Crippen LogP contribution in [0.2, 0.25) is 0 Å². The molecule has 4 atom stereocenters. The van der Waals surface area contributed by atoms with Gasteiger partial charge >= 0.3 is 0 Å². The molecule has 9 nitrogen and oxygen atoms in total. The van der Waals surface area contributed by atoms with Crippen LogP contribution >= 0.6 is 0 Å². The van der Waals surface area contributed by atoms with Crippen molar-refractivity contribution in [1.82, 2.24) is 5.32 Å². The Morgan fingerprint density at radius 3 is 2.30 bits per heavy atom. The maximum absolute atomic E-state index is 13.3. The molecule has 0 spiro atoms. The minimum absolute atomic E-state index is 0.0369. The molecule has 2 amide bonds. The summed E-state index contributed by atoms with van der Waals surface area (Å²) < 4.78 is 11.2. The SMILES string of the molecule is COCCCOc1cc2c(cc1NC(=O)C[C@@H](C[C@H](N)[C@@H](O)C[C@H](C(=O)NC1CCC(O)CC1)C(C)C)C(C)C)CCC2. The number of nitrogens with one attached hydrogen (secondary N) is 2. The minimum Gasteiger partial charge on any atom is -0.491 e. The summed E-state index contributed by atoms with van der Waals surface area (Å²) in [7, 11) is 1.67. The lowest BCUT2D eigenvalue weighted by atomic mass is 9.81. The molecule has 3 rings (SSSR count). The van der Waals surface area contributed by atoms with Crippen molar-refractivity contribution in [1.29, 1.82) is 0 Å². The van der Waals surface area contributed by atoms with E-state index in [4.69, 9.17) is 15.2 Å². The van der Waals surface area contributed by atoms with Crippen molar-refractivity contribution in [2.75, 3.05) is 25.6 Å². The lowest BCUT2D eigenvalue weighted by Gasteiger charge is -2.31. The van der Waals surface area contributed by atoms with Gasteiger partial charge in [0.2, 0.25) is 11.8 Å². The highest BCUT2D eigenvalue weighted by molar-refractivity contribution is 5.92. The van der Waals surface area contributed by atoms with Gasteiger partial charge in [0, 0.05) is 44.6 Å². The maximum atomic E-state index is 13.3. The number of fused-ring (bicyclic) bond motifs is 1. The fourth-order valence-corrected chi connectivity index (χ4v) is 6.39. The third-order valence-electron chi connectivity index (χ3n) is 9.36. The molecule has 43 heavy (non-hydrogen) atoms. The van der Waals surface area contributed by atoms with Crippen LogP contribution in [0.15, 0.2) is 12.1 Å². The van der Waals surface area contributed by atoms with Crippen molar-refractivity contribution in [3.8, 4) is 5.75 Å². The zero-order valence-corrected chi connectivity index (χ0v) is 27.1. The first-order chi connectivity index (χ1) is 20.5. The summed E-state index contributed by atoms with van der Waals surface area (Å²) in [5.41, 5.74) is 9.77. The van der Waals surface area contributed by atoms with Gasteiger partial charge in [-0.15, -0.1) is 0 Å². The monoisotopic (exact) mass is 603 g/mol. The van der Waals surface area contributed by atoms with Gasteiger partial charge in [-0.3, -0.25) is 9.59 Å². The first-order valence-electron chi connectivity index (χ1n) is 16.5. The molecule has 0 heterocycles. The molecule has 0 unspecified atom stereocenters. The summed E-state index contributed by atoms with van der Waals surface area (Å²) in [6, 6.07) is 3.63. The van der Waals surface area contributed by atoms with E-state index in [2.05, 4.69) is 36.6 Å². The molecule has 0 aliphatic heterocycles. The van der Waals surface area contributed by atoms with Crippen molar-refractivity contribution in [3.63, 3.8) is 0 Å². The van der Waals surface area contributed by atoms with Crippen molar-refractivity contribution in [2.24, 2.45) is 29.4 Å². The van der Waals surface area contributed by atoms with Gasteiger partial charge in [-0.2, -0.15) is 0 Å². The number of methoxy groups -OCH3 is 1. The lowest BCUT2D eigenvalue weighted by Crippen LogP contribution is -2.46. The Morgan fingerprint density at radius 1 is 1.00 bits per heavy atom. The fraction of sp³-hybridized carbons (Fsp3) is 0.765. The Kier molecular flexibility index (Phi) is 14.2. The van der Waals surface area contributed by atoms with E-state index in [0.717, 1.165) is 38.5 Å². The molecule has 0 radical (unpaired) electrons. The third-order valence-corrected chi connectivity index (χ3v) is 9.36. The van der Waals surface area contributed by atoms with Gasteiger partial charge in [-0.05, 0) is 98.8 Å². The summed E-state index contributed by atoms with van der Waals surface area (Å²) in [5.74, 6) is 0.358.